The predicted octanol–water partition coefficient (Wildman–Crippen LogP) is 4.59. The van der Waals surface area contributed by atoms with Crippen LogP contribution in [-0.2, 0) is 32.7 Å². The van der Waals surface area contributed by atoms with Crippen LogP contribution in [0, 0.1) is 13.8 Å². The summed E-state index contributed by atoms with van der Waals surface area (Å²) < 4.78 is 36.1. The molecule has 7 aliphatic rings. The third-order valence-corrected chi connectivity index (χ3v) is 13.8. The Labute approximate surface area is 322 Å². The maximum atomic E-state index is 15.0. The number of esters is 2. The van der Waals surface area contributed by atoms with Crippen LogP contribution in [0.4, 0.5) is 0 Å². The summed E-state index contributed by atoms with van der Waals surface area (Å²) in [6.07, 6.45) is -0.147. The number of phenols is 2. The Balaban J connectivity index is 1.32. The number of benzene rings is 3. The average molecular weight is 775 g/mol. The first-order valence-corrected chi connectivity index (χ1v) is 19.6. The molecule has 3 N–H and O–H groups in total. The highest BCUT2D eigenvalue weighted by Crippen LogP contribution is 2.65. The highest BCUT2D eigenvalue weighted by Gasteiger charge is 2.58. The van der Waals surface area contributed by atoms with Crippen molar-refractivity contribution in [1.82, 2.24) is 9.80 Å². The van der Waals surface area contributed by atoms with Gasteiger partial charge in [0.15, 0.2) is 40.0 Å². The van der Waals surface area contributed by atoms with Crippen molar-refractivity contribution in [2.45, 2.75) is 81.7 Å². The summed E-state index contributed by atoms with van der Waals surface area (Å²) in [6, 6.07) is 2.72. The van der Waals surface area contributed by atoms with Gasteiger partial charge in [0.2, 0.25) is 6.79 Å². The molecule has 292 valence electrons. The molecule has 1 unspecified atom stereocenters. The van der Waals surface area contributed by atoms with E-state index in [0.29, 0.717) is 76.7 Å². The minimum atomic E-state index is -1.32. The standard InChI is InChI=1S/C40H44N3O11S/c1-7-42-9-8-20-12-25(45)26(49-5)13-22(20)40(42)15-55-37-29-28(36-35(52-16-53-36)18(3)34(29)54-19(4)44)24(14-51-39(40)48)43-31(37)30-27-21(11-23(41-30)38(43)47)10-17(2)33(50-6)32(27)46/h10,12-13,23-24,30-31,37-38,45-47H,7-9,11,14-16H2,1-6H3/q-1/t23-,24-,30+,31?,37+,38-,40+/m0/s1. The Bertz CT molecular complexity index is 2150. The SMILES string of the molecule is CCN1CCc2cc(O)c(OC)cc2[C@@]12CS[C@@H]1c3c(OC(C)=O)c(C)c4c(c3[C@H](COC2=O)N2C1[C@@H]1[N-][C@@H](Cc3cc(C)c(OC)c(O)c31)[C@@H]2O)OCO4. The number of hydrogen-bond acceptors (Lipinski definition) is 14. The van der Waals surface area contributed by atoms with E-state index in [0.717, 1.165) is 16.7 Å². The van der Waals surface area contributed by atoms with Gasteiger partial charge in [0.05, 0.1) is 26.5 Å². The Morgan fingerprint density at radius 1 is 1.04 bits per heavy atom. The number of hydrogen-bond donors (Lipinski definition) is 3. The molecular formula is C40H44N3O11S-. The summed E-state index contributed by atoms with van der Waals surface area (Å²) in [5.74, 6) is 0.921. The van der Waals surface area contributed by atoms with Crippen molar-refractivity contribution >= 4 is 23.7 Å². The van der Waals surface area contributed by atoms with Gasteiger partial charge in [-0.15, -0.1) is 11.8 Å². The number of aromatic hydroxyl groups is 2. The quantitative estimate of drug-likeness (QED) is 0.249. The fourth-order valence-electron chi connectivity index (χ4n) is 10.1. The van der Waals surface area contributed by atoms with Gasteiger partial charge in [-0.05, 0) is 73.2 Å². The molecule has 3 aromatic carbocycles. The number of thioether (sulfide) groups is 1. The molecule has 0 aromatic heterocycles. The number of ether oxygens (including phenoxy) is 6. The minimum Gasteiger partial charge on any atom is -0.648 e. The third kappa shape index (κ3) is 5.02. The maximum absolute atomic E-state index is 15.0. The second-order valence-corrected chi connectivity index (χ2v) is 16.2. The second kappa shape index (κ2) is 13.1. The predicted molar refractivity (Wildman–Crippen MR) is 199 cm³/mol. The zero-order valence-corrected chi connectivity index (χ0v) is 32.3. The highest BCUT2D eigenvalue weighted by molar-refractivity contribution is 7.99. The van der Waals surface area contributed by atoms with Gasteiger partial charge in [-0.3, -0.25) is 14.6 Å². The lowest BCUT2D eigenvalue weighted by Crippen LogP contribution is -2.64. The number of phenolic OH excluding ortho intramolecular Hbond substituents is 2. The molecular weight excluding hydrogens is 731 g/mol. The minimum absolute atomic E-state index is 0.00512. The lowest BCUT2D eigenvalue weighted by molar-refractivity contribution is -0.166. The molecule has 2 fully saturated rings. The molecule has 10 rings (SSSR count). The van der Waals surface area contributed by atoms with Gasteiger partial charge in [-0.2, -0.15) is 0 Å². The summed E-state index contributed by atoms with van der Waals surface area (Å²) in [5, 5.41) is 39.8. The number of piperazine rings is 1. The van der Waals surface area contributed by atoms with Crippen LogP contribution in [0.3, 0.4) is 0 Å². The van der Waals surface area contributed by atoms with E-state index in [4.69, 9.17) is 33.7 Å². The van der Waals surface area contributed by atoms with Gasteiger partial charge in [0.1, 0.15) is 12.4 Å². The smallest absolute Gasteiger partial charge is 0.332 e. The Morgan fingerprint density at radius 3 is 2.55 bits per heavy atom. The number of aliphatic hydroxyl groups is 1. The van der Waals surface area contributed by atoms with Gasteiger partial charge in [-0.25, -0.2) is 4.79 Å². The number of nitrogens with zero attached hydrogens (tertiary/aromatic N) is 3. The fourth-order valence-corrected chi connectivity index (χ4v) is 11.9. The summed E-state index contributed by atoms with van der Waals surface area (Å²) >= 11 is 1.47. The van der Waals surface area contributed by atoms with Crippen LogP contribution in [-0.4, -0.2) is 102 Å². The average Bonchev–Trinajstić information content (AvgIpc) is 3.66. The molecule has 15 heteroatoms. The van der Waals surface area contributed by atoms with E-state index in [1.807, 2.05) is 31.7 Å². The number of carbonyl (C=O) groups excluding carboxylic acids is 2. The van der Waals surface area contributed by atoms with E-state index in [9.17, 15) is 20.1 Å². The molecule has 1 spiro atoms. The van der Waals surface area contributed by atoms with Crippen LogP contribution < -0.4 is 23.7 Å². The molecule has 7 heterocycles. The van der Waals surface area contributed by atoms with E-state index >= 15 is 4.79 Å². The van der Waals surface area contributed by atoms with Gasteiger partial charge in [0, 0.05) is 47.2 Å². The number of aryl methyl sites for hydroxylation is 1. The van der Waals surface area contributed by atoms with Crippen LogP contribution in [0.1, 0.15) is 75.7 Å². The Hall–Kier alpha value is -4.41. The van der Waals surface area contributed by atoms with E-state index in [2.05, 4.69) is 4.90 Å². The largest absolute Gasteiger partial charge is 0.648 e. The number of aliphatic hydroxyl groups excluding tert-OH is 1. The summed E-state index contributed by atoms with van der Waals surface area (Å²) in [5.41, 5.74) is 4.27. The molecule has 2 saturated heterocycles. The second-order valence-electron chi connectivity index (χ2n) is 15.0. The first-order chi connectivity index (χ1) is 26.4. The van der Waals surface area contributed by atoms with Gasteiger partial charge in [0.25, 0.3) is 0 Å². The van der Waals surface area contributed by atoms with Crippen molar-refractivity contribution in [2.24, 2.45) is 0 Å². The molecule has 3 aromatic rings. The Morgan fingerprint density at radius 2 is 1.82 bits per heavy atom. The van der Waals surface area contributed by atoms with Crippen molar-refractivity contribution in [3.63, 3.8) is 0 Å². The molecule has 0 aliphatic carbocycles. The number of fused-ring (bicyclic) bond motifs is 9. The first-order valence-electron chi connectivity index (χ1n) is 18.6. The summed E-state index contributed by atoms with van der Waals surface area (Å²) in [6.45, 7) is 7.83. The van der Waals surface area contributed by atoms with Gasteiger partial charge in [-0.1, -0.05) is 25.1 Å². The van der Waals surface area contributed by atoms with E-state index < -0.39 is 53.1 Å². The van der Waals surface area contributed by atoms with Gasteiger partial charge >= 0.3 is 11.9 Å². The van der Waals surface area contributed by atoms with Crippen LogP contribution in [0.25, 0.3) is 5.32 Å². The van der Waals surface area contributed by atoms with Crippen molar-refractivity contribution in [2.75, 3.05) is 46.5 Å². The monoisotopic (exact) mass is 774 g/mol. The van der Waals surface area contributed by atoms with E-state index in [-0.39, 0.29) is 36.4 Å². The summed E-state index contributed by atoms with van der Waals surface area (Å²) in [7, 11) is 2.99. The lowest BCUT2D eigenvalue weighted by atomic mass is 9.74. The molecule has 55 heavy (non-hydrogen) atoms. The van der Waals surface area contributed by atoms with Crippen LogP contribution in [0.5, 0.6) is 40.2 Å². The fraction of sp³-hybridized carbons (Fsp3) is 0.500. The molecule has 0 radical (unpaired) electrons. The maximum Gasteiger partial charge on any atom is 0.332 e. The highest BCUT2D eigenvalue weighted by atomic mass is 32.2. The van der Waals surface area contributed by atoms with Crippen molar-refractivity contribution in [1.29, 1.82) is 0 Å². The van der Waals surface area contributed by atoms with Crippen LogP contribution in [0.2, 0.25) is 0 Å². The number of carbonyl (C=O) groups is 2. The number of methoxy groups -OCH3 is 2. The molecule has 14 nitrogen and oxygen atoms in total. The number of rotatable bonds is 4. The zero-order valence-electron chi connectivity index (χ0n) is 31.5. The van der Waals surface area contributed by atoms with Crippen molar-refractivity contribution in [3.05, 3.63) is 68.0 Å². The van der Waals surface area contributed by atoms with E-state index in [1.54, 1.807) is 12.1 Å². The molecule has 0 amide bonds. The zero-order chi connectivity index (χ0) is 38.7. The molecule has 0 saturated carbocycles. The topological polar surface area (TPSA) is 171 Å². The first kappa shape index (κ1) is 36.2. The third-order valence-electron chi connectivity index (χ3n) is 12.4. The van der Waals surface area contributed by atoms with Gasteiger partial charge < -0.3 is 49.1 Å². The van der Waals surface area contributed by atoms with E-state index in [1.165, 1.54) is 32.9 Å². The lowest BCUT2D eigenvalue weighted by Gasteiger charge is -2.65. The number of likely N-dealkylation sites (N-methyl/N-ethyl adjacent to an activating group) is 1. The van der Waals surface area contributed by atoms with Crippen LogP contribution in [0.15, 0.2) is 18.2 Å². The van der Waals surface area contributed by atoms with Crippen molar-refractivity contribution < 1.29 is 53.3 Å². The summed E-state index contributed by atoms with van der Waals surface area (Å²) in [4.78, 5) is 32.0. The molecule has 7 aliphatic heterocycles. The van der Waals surface area contributed by atoms with Crippen LogP contribution >= 0.6 is 11.8 Å². The molecule has 4 bridgehead atoms. The molecule has 7 atom stereocenters. The van der Waals surface area contributed by atoms with Crippen molar-refractivity contribution in [3.8, 4) is 40.2 Å². The normalized spacial score (nSPS) is 29.1. The Kier molecular flexibility index (Phi) is 8.62.